The molecule has 3 nitrogen and oxygen atoms in total. The van der Waals surface area contributed by atoms with Crippen molar-refractivity contribution in [2.24, 2.45) is 0 Å². The predicted octanol–water partition coefficient (Wildman–Crippen LogP) is 1.83. The first kappa shape index (κ1) is 16.7. The summed E-state index contributed by atoms with van der Waals surface area (Å²) >= 11 is 0. The molecule has 0 saturated carbocycles. The Kier molecular flexibility index (Phi) is 6.92. The average Bonchev–Trinajstić information content (AvgIpc) is 2.49. The molecule has 0 amide bonds. The van der Waals surface area contributed by atoms with Crippen molar-refractivity contribution in [1.29, 1.82) is 0 Å². The van der Waals surface area contributed by atoms with Crippen molar-refractivity contribution in [3.05, 3.63) is 77.4 Å². The quantitative estimate of drug-likeness (QED) is 0.873. The first-order valence-corrected chi connectivity index (χ1v) is 6.83. The second kappa shape index (κ2) is 8.72. The number of carboxylic acid groups (broad SMARTS) is 1. The van der Waals surface area contributed by atoms with Gasteiger partial charge in [-0.15, -0.1) is 0 Å². The third kappa shape index (κ3) is 6.54. The van der Waals surface area contributed by atoms with Crippen LogP contribution in [-0.2, 0) is 4.79 Å². The van der Waals surface area contributed by atoms with Gasteiger partial charge in [0.2, 0.25) is 0 Å². The zero-order valence-electron chi connectivity index (χ0n) is 12.5. The van der Waals surface area contributed by atoms with Crippen molar-refractivity contribution in [2.45, 2.75) is 19.9 Å². The van der Waals surface area contributed by atoms with E-state index in [4.69, 9.17) is 0 Å². The highest BCUT2D eigenvalue weighted by atomic mass is 16.4. The summed E-state index contributed by atoms with van der Waals surface area (Å²) < 4.78 is 0. The van der Waals surface area contributed by atoms with E-state index in [0.717, 1.165) is 5.56 Å². The molecule has 0 aliphatic heterocycles. The molecule has 0 saturated heterocycles. The summed E-state index contributed by atoms with van der Waals surface area (Å²) in [5.74, 6) is -1.13. The van der Waals surface area contributed by atoms with Gasteiger partial charge in [-0.05, 0) is 25.0 Å². The van der Waals surface area contributed by atoms with Crippen LogP contribution in [0.25, 0.3) is 6.08 Å². The largest absolute Gasteiger partial charge is 0.545 e. The van der Waals surface area contributed by atoms with Gasteiger partial charge < -0.3 is 15.6 Å². The minimum absolute atomic E-state index is 0.237. The highest BCUT2D eigenvalue weighted by Gasteiger charge is 1.97. The first-order chi connectivity index (χ1) is 10.0. The highest BCUT2D eigenvalue weighted by molar-refractivity contribution is 5.89. The zero-order chi connectivity index (χ0) is 15.7. The summed E-state index contributed by atoms with van der Waals surface area (Å²) in [6.07, 6.45) is 1.58. The number of hydrogen-bond donors (Lipinski definition) is 1. The summed E-state index contributed by atoms with van der Waals surface area (Å²) in [4.78, 5) is 10.3. The van der Waals surface area contributed by atoms with E-state index in [1.54, 1.807) is 6.08 Å². The number of carbonyl (C=O) groups is 1. The molecule has 2 aromatic carbocycles. The molecule has 0 aromatic heterocycles. The van der Waals surface area contributed by atoms with E-state index in [1.807, 2.05) is 48.5 Å². The van der Waals surface area contributed by atoms with E-state index in [9.17, 15) is 9.90 Å². The molecule has 0 spiro atoms. The van der Waals surface area contributed by atoms with E-state index < -0.39 is 5.97 Å². The van der Waals surface area contributed by atoms with Crippen LogP contribution in [0.15, 0.2) is 66.2 Å². The lowest BCUT2D eigenvalue weighted by atomic mass is 10.1. The molecule has 0 bridgehead atoms. The van der Waals surface area contributed by atoms with Crippen LogP contribution in [0.5, 0.6) is 0 Å². The van der Waals surface area contributed by atoms with Crippen molar-refractivity contribution in [2.75, 3.05) is 0 Å². The molecule has 0 radical (unpaired) electrons. The summed E-state index contributed by atoms with van der Waals surface area (Å²) in [6.45, 7) is 3.61. The second-order valence-corrected chi connectivity index (χ2v) is 4.84. The molecule has 0 unspecified atom stereocenters. The Bertz CT molecular complexity index is 575. The molecule has 1 atom stereocenters. The minimum atomic E-state index is -1.13. The number of carbonyl (C=O) groups excluding carboxylic acids is 1. The fourth-order valence-corrected chi connectivity index (χ4v) is 1.64. The Labute approximate surface area is 125 Å². The molecule has 2 rings (SSSR count). The van der Waals surface area contributed by atoms with E-state index in [2.05, 4.69) is 24.8 Å². The SMILES string of the molecule is C/C(=C\c1ccccc1)C(=O)[O-].C[C@@H]([NH3+])c1ccccc1. The smallest absolute Gasteiger partial charge is 0.107 e. The predicted molar refractivity (Wildman–Crippen MR) is 82.8 cm³/mol. The fraction of sp³-hybridized carbons (Fsp3) is 0.167. The van der Waals surface area contributed by atoms with Crippen molar-refractivity contribution >= 4 is 12.0 Å². The Morgan fingerprint density at radius 1 is 1.05 bits per heavy atom. The standard InChI is InChI=1S/C10H10O2.C8H11N/c1-8(10(11)12)7-9-5-3-2-4-6-9;1-7(9)8-5-3-2-4-6-8/h2-7H,1H3,(H,11,12);2-7H,9H2,1H3/b8-7+;/t;7-/m.1/s1. The summed E-state index contributed by atoms with van der Waals surface area (Å²) in [7, 11) is 0. The van der Waals surface area contributed by atoms with Crippen LogP contribution in [-0.4, -0.2) is 5.97 Å². The monoisotopic (exact) mass is 283 g/mol. The van der Waals surface area contributed by atoms with Crippen LogP contribution in [0.3, 0.4) is 0 Å². The van der Waals surface area contributed by atoms with Gasteiger partial charge in [0.05, 0.1) is 5.97 Å². The lowest BCUT2D eigenvalue weighted by Gasteiger charge is -2.00. The van der Waals surface area contributed by atoms with Crippen LogP contribution in [0, 0.1) is 0 Å². The normalized spacial score (nSPS) is 12.0. The number of quaternary nitrogens is 1. The van der Waals surface area contributed by atoms with E-state index in [-0.39, 0.29) is 5.57 Å². The minimum Gasteiger partial charge on any atom is -0.545 e. The maximum atomic E-state index is 10.3. The van der Waals surface area contributed by atoms with Crippen LogP contribution in [0.4, 0.5) is 0 Å². The molecule has 3 N–H and O–H groups in total. The Morgan fingerprint density at radius 2 is 1.52 bits per heavy atom. The van der Waals surface area contributed by atoms with Gasteiger partial charge in [0, 0.05) is 5.56 Å². The lowest BCUT2D eigenvalue weighted by Crippen LogP contribution is -2.51. The molecule has 0 heterocycles. The lowest BCUT2D eigenvalue weighted by molar-refractivity contribution is -0.420. The summed E-state index contributed by atoms with van der Waals surface area (Å²) in [5.41, 5.74) is 6.32. The average molecular weight is 283 g/mol. The third-order valence-corrected chi connectivity index (χ3v) is 2.87. The maximum Gasteiger partial charge on any atom is 0.107 e. The highest BCUT2D eigenvalue weighted by Crippen LogP contribution is 2.05. The molecule has 21 heavy (non-hydrogen) atoms. The van der Waals surface area contributed by atoms with Gasteiger partial charge >= 0.3 is 0 Å². The molecule has 0 aliphatic carbocycles. The second-order valence-electron chi connectivity index (χ2n) is 4.84. The summed E-state index contributed by atoms with van der Waals surface area (Å²) in [6, 6.07) is 20.0. The van der Waals surface area contributed by atoms with E-state index in [0.29, 0.717) is 6.04 Å². The zero-order valence-corrected chi connectivity index (χ0v) is 12.5. The maximum absolute atomic E-state index is 10.3. The number of hydrogen-bond acceptors (Lipinski definition) is 2. The van der Waals surface area contributed by atoms with Gasteiger partial charge in [0.1, 0.15) is 6.04 Å². The Hall–Kier alpha value is -2.39. The van der Waals surface area contributed by atoms with Crippen LogP contribution in [0.1, 0.15) is 31.0 Å². The van der Waals surface area contributed by atoms with Crippen molar-refractivity contribution < 1.29 is 15.6 Å². The van der Waals surface area contributed by atoms with E-state index in [1.165, 1.54) is 12.5 Å². The van der Waals surface area contributed by atoms with Gasteiger partial charge in [-0.25, -0.2) is 0 Å². The third-order valence-electron chi connectivity index (χ3n) is 2.87. The van der Waals surface area contributed by atoms with Crippen LogP contribution < -0.4 is 10.8 Å². The molecule has 3 heteroatoms. The molecular formula is C18H21NO2. The van der Waals surface area contributed by atoms with Gasteiger partial charge in [-0.1, -0.05) is 66.7 Å². The molecule has 0 aliphatic rings. The van der Waals surface area contributed by atoms with Gasteiger partial charge in [-0.3, -0.25) is 0 Å². The molecule has 2 aromatic rings. The fourth-order valence-electron chi connectivity index (χ4n) is 1.64. The van der Waals surface area contributed by atoms with Gasteiger partial charge in [0.15, 0.2) is 0 Å². The number of benzene rings is 2. The molecule has 0 fully saturated rings. The van der Waals surface area contributed by atoms with Crippen molar-refractivity contribution in [3.8, 4) is 0 Å². The molecular weight excluding hydrogens is 262 g/mol. The summed E-state index contributed by atoms with van der Waals surface area (Å²) in [5, 5.41) is 10.3. The topological polar surface area (TPSA) is 67.8 Å². The number of aliphatic carboxylic acids is 1. The van der Waals surface area contributed by atoms with Crippen molar-refractivity contribution in [1.82, 2.24) is 0 Å². The van der Waals surface area contributed by atoms with Gasteiger partial charge in [-0.2, -0.15) is 0 Å². The Balaban J connectivity index is 0.000000219. The molecule has 110 valence electrons. The Morgan fingerprint density at radius 3 is 1.90 bits per heavy atom. The van der Waals surface area contributed by atoms with E-state index >= 15 is 0 Å². The van der Waals surface area contributed by atoms with Crippen LogP contribution >= 0.6 is 0 Å². The van der Waals surface area contributed by atoms with Crippen molar-refractivity contribution in [3.63, 3.8) is 0 Å². The first-order valence-electron chi connectivity index (χ1n) is 6.83. The van der Waals surface area contributed by atoms with Crippen LogP contribution in [0.2, 0.25) is 0 Å². The number of carboxylic acids is 1. The number of rotatable bonds is 3. The van der Waals surface area contributed by atoms with Gasteiger partial charge in [0.25, 0.3) is 0 Å².